The van der Waals surface area contributed by atoms with Crippen molar-refractivity contribution in [2.75, 3.05) is 0 Å². The zero-order valence-corrected chi connectivity index (χ0v) is 11.8. The van der Waals surface area contributed by atoms with Crippen LogP contribution in [0.15, 0.2) is 37.0 Å². The number of ether oxygens (including phenoxy) is 2. The van der Waals surface area contributed by atoms with E-state index in [1.54, 1.807) is 6.08 Å². The number of hydrogen-bond donors (Lipinski definition) is 0. The van der Waals surface area contributed by atoms with Gasteiger partial charge in [0.25, 0.3) is 0 Å². The summed E-state index contributed by atoms with van der Waals surface area (Å²) in [5, 5.41) is 0. The zero-order chi connectivity index (χ0) is 14.9. The van der Waals surface area contributed by atoms with Gasteiger partial charge in [-0.3, -0.25) is 4.79 Å². The first-order valence-electron chi connectivity index (χ1n) is 6.74. The number of hydrogen-bond acceptors (Lipinski definition) is 4. The molecule has 0 spiro atoms. The van der Waals surface area contributed by atoms with Gasteiger partial charge in [0.15, 0.2) is 0 Å². The largest absolute Gasteiger partial charge is 0.455 e. The smallest absolute Gasteiger partial charge is 0.334 e. The fraction of sp³-hybridized carbons (Fsp3) is 0.500. The van der Waals surface area contributed by atoms with Gasteiger partial charge in [0.1, 0.15) is 18.5 Å². The molecular weight excluding hydrogens is 256 g/mol. The maximum atomic E-state index is 11.7. The molecule has 0 N–H and O–H groups in total. The highest BCUT2D eigenvalue weighted by atomic mass is 16.6. The van der Waals surface area contributed by atoms with Crippen LogP contribution in [0.5, 0.6) is 0 Å². The van der Waals surface area contributed by atoms with Gasteiger partial charge in [-0.05, 0) is 31.8 Å². The number of cyclic esters (lactones) is 1. The van der Waals surface area contributed by atoms with Crippen LogP contribution in [-0.2, 0) is 19.1 Å². The number of allylic oxidation sites excluding steroid dienone is 1. The van der Waals surface area contributed by atoms with Crippen LogP contribution in [-0.4, -0.2) is 30.1 Å². The first kappa shape index (κ1) is 14.7. The van der Waals surface area contributed by atoms with E-state index in [-0.39, 0.29) is 29.7 Å². The number of rotatable bonds is 7. The van der Waals surface area contributed by atoms with Gasteiger partial charge in [-0.1, -0.05) is 19.2 Å². The molecule has 2 saturated heterocycles. The zero-order valence-electron chi connectivity index (χ0n) is 11.8. The van der Waals surface area contributed by atoms with Crippen LogP contribution in [0.2, 0.25) is 0 Å². The number of carbonyl (C=O) groups is 2. The van der Waals surface area contributed by atoms with Gasteiger partial charge in [-0.2, -0.15) is 0 Å². The third kappa shape index (κ3) is 2.61. The van der Waals surface area contributed by atoms with E-state index >= 15 is 0 Å². The molecule has 2 heterocycles. The molecule has 108 valence electrons. The predicted octanol–water partition coefficient (Wildman–Crippen LogP) is 2.35. The van der Waals surface area contributed by atoms with Crippen LogP contribution in [0, 0.1) is 5.92 Å². The highest BCUT2D eigenvalue weighted by molar-refractivity contribution is 5.91. The summed E-state index contributed by atoms with van der Waals surface area (Å²) in [4.78, 5) is 22.3. The van der Waals surface area contributed by atoms with E-state index in [0.29, 0.717) is 30.4 Å². The summed E-state index contributed by atoms with van der Waals surface area (Å²) in [6, 6.07) is 0. The van der Waals surface area contributed by atoms with Gasteiger partial charge in [-0.15, -0.1) is 6.58 Å². The van der Waals surface area contributed by atoms with Crippen LogP contribution in [0.4, 0.5) is 0 Å². The summed E-state index contributed by atoms with van der Waals surface area (Å²) in [5.41, 5.74) is 0.670. The summed E-state index contributed by atoms with van der Waals surface area (Å²) in [7, 11) is 0. The lowest BCUT2D eigenvalue weighted by Crippen LogP contribution is -2.28. The second-order valence-corrected chi connectivity index (χ2v) is 5.66. The highest BCUT2D eigenvalue weighted by Gasteiger charge is 2.61. The number of epoxide rings is 1. The van der Waals surface area contributed by atoms with E-state index < -0.39 is 0 Å². The molecule has 0 aromatic carbocycles. The average Bonchev–Trinajstić information content (AvgIpc) is 2.99. The standard InChI is InChI=1S/C16H20O4/c1-5-8-16(4)14(20-16)13-12(7-6-10(2)9-17)11(3)15(18)19-13/h5,9,12-14H,1-3,6-8H2,4H3/t12-,13-,14+,16+/m0/s1. The molecule has 0 aromatic heterocycles. The molecule has 4 atom stereocenters. The van der Waals surface area contributed by atoms with Crippen LogP contribution >= 0.6 is 0 Å². The monoisotopic (exact) mass is 276 g/mol. The van der Waals surface area contributed by atoms with E-state index in [2.05, 4.69) is 19.7 Å². The second kappa shape index (κ2) is 5.37. The Morgan fingerprint density at radius 3 is 2.80 bits per heavy atom. The van der Waals surface area contributed by atoms with Gasteiger partial charge >= 0.3 is 5.97 Å². The van der Waals surface area contributed by atoms with Crippen molar-refractivity contribution < 1.29 is 19.1 Å². The Labute approximate surface area is 119 Å². The third-order valence-corrected chi connectivity index (χ3v) is 4.08. The first-order valence-corrected chi connectivity index (χ1v) is 6.74. The van der Waals surface area contributed by atoms with Crippen molar-refractivity contribution in [1.82, 2.24) is 0 Å². The number of carbonyl (C=O) groups excluding carboxylic acids is 2. The molecule has 4 heteroatoms. The molecule has 0 aliphatic carbocycles. The van der Waals surface area contributed by atoms with Crippen molar-refractivity contribution >= 4 is 12.3 Å². The minimum absolute atomic E-state index is 0.115. The van der Waals surface area contributed by atoms with Crippen LogP contribution < -0.4 is 0 Å². The minimum Gasteiger partial charge on any atom is -0.455 e. The average molecular weight is 276 g/mol. The minimum atomic E-state index is -0.367. The lowest BCUT2D eigenvalue weighted by atomic mass is 9.86. The van der Waals surface area contributed by atoms with Gasteiger partial charge in [0.2, 0.25) is 0 Å². The summed E-state index contributed by atoms with van der Waals surface area (Å²) < 4.78 is 11.1. The Bertz CT molecular complexity index is 479. The Kier molecular flexibility index (Phi) is 3.95. The molecule has 2 rings (SSSR count). The van der Waals surface area contributed by atoms with E-state index in [1.165, 1.54) is 0 Å². The van der Waals surface area contributed by atoms with Crippen molar-refractivity contribution in [3.8, 4) is 0 Å². The lowest BCUT2D eigenvalue weighted by Gasteiger charge is -2.17. The van der Waals surface area contributed by atoms with E-state index in [9.17, 15) is 9.59 Å². The molecule has 0 radical (unpaired) electrons. The molecule has 0 saturated carbocycles. The van der Waals surface area contributed by atoms with E-state index in [1.807, 2.05) is 6.92 Å². The van der Waals surface area contributed by atoms with Crippen molar-refractivity contribution in [2.24, 2.45) is 5.92 Å². The summed E-state index contributed by atoms with van der Waals surface area (Å²) in [6.45, 7) is 13.2. The molecule has 0 aromatic rings. The molecule has 0 unspecified atom stereocenters. The second-order valence-electron chi connectivity index (χ2n) is 5.66. The highest BCUT2D eigenvalue weighted by Crippen LogP contribution is 2.48. The molecule has 2 aliphatic heterocycles. The lowest BCUT2D eigenvalue weighted by molar-refractivity contribution is -0.140. The Morgan fingerprint density at radius 2 is 2.20 bits per heavy atom. The van der Waals surface area contributed by atoms with Crippen LogP contribution in [0.3, 0.4) is 0 Å². The Morgan fingerprint density at radius 1 is 1.50 bits per heavy atom. The van der Waals surface area contributed by atoms with Gasteiger partial charge < -0.3 is 9.47 Å². The number of aldehydes is 1. The fourth-order valence-corrected chi connectivity index (χ4v) is 2.76. The van der Waals surface area contributed by atoms with Crippen LogP contribution in [0.1, 0.15) is 26.2 Å². The normalized spacial score (nSPS) is 35.5. The van der Waals surface area contributed by atoms with E-state index in [0.717, 1.165) is 6.29 Å². The molecule has 4 nitrogen and oxygen atoms in total. The molecule has 2 fully saturated rings. The third-order valence-electron chi connectivity index (χ3n) is 4.08. The van der Waals surface area contributed by atoms with E-state index in [4.69, 9.17) is 9.47 Å². The molecular formula is C16H20O4. The van der Waals surface area contributed by atoms with Crippen molar-refractivity contribution in [1.29, 1.82) is 0 Å². The summed E-state index contributed by atoms with van der Waals surface area (Å²) >= 11 is 0. The maximum absolute atomic E-state index is 11.7. The Hall–Kier alpha value is -1.68. The summed E-state index contributed by atoms with van der Waals surface area (Å²) in [6.07, 6.45) is 3.96. The molecule has 20 heavy (non-hydrogen) atoms. The molecule has 2 aliphatic rings. The predicted molar refractivity (Wildman–Crippen MR) is 75.0 cm³/mol. The van der Waals surface area contributed by atoms with Crippen molar-refractivity contribution in [3.63, 3.8) is 0 Å². The van der Waals surface area contributed by atoms with Crippen molar-refractivity contribution in [3.05, 3.63) is 37.0 Å². The quantitative estimate of drug-likeness (QED) is 0.235. The van der Waals surface area contributed by atoms with Crippen LogP contribution in [0.25, 0.3) is 0 Å². The Balaban J connectivity index is 2.05. The van der Waals surface area contributed by atoms with Gasteiger partial charge in [-0.25, -0.2) is 4.79 Å². The first-order chi connectivity index (χ1) is 9.42. The van der Waals surface area contributed by atoms with Gasteiger partial charge in [0.05, 0.1) is 5.60 Å². The summed E-state index contributed by atoms with van der Waals surface area (Å²) in [5.74, 6) is -0.482. The molecule has 0 amide bonds. The fourth-order valence-electron chi connectivity index (χ4n) is 2.76. The SMILES string of the molecule is C=CC[C@@]1(C)O[C@@H]1[C@H]1OC(=O)C(=C)[C@@H]1CCC(=C)C=O. The number of esters is 1. The van der Waals surface area contributed by atoms with Gasteiger partial charge in [0, 0.05) is 11.5 Å². The topological polar surface area (TPSA) is 55.9 Å². The van der Waals surface area contributed by atoms with Crippen molar-refractivity contribution in [2.45, 2.75) is 44.0 Å². The molecule has 0 bridgehead atoms. The maximum Gasteiger partial charge on any atom is 0.334 e.